The molecule has 0 radical (unpaired) electrons. The molecule has 2 atom stereocenters. The second kappa shape index (κ2) is 8.39. The lowest BCUT2D eigenvalue weighted by Crippen LogP contribution is -2.39. The molecule has 2 N–H and O–H groups in total. The van der Waals surface area contributed by atoms with Crippen molar-refractivity contribution in [2.75, 3.05) is 6.61 Å². The van der Waals surface area contributed by atoms with Crippen molar-refractivity contribution in [3.05, 3.63) is 29.8 Å². The number of amides is 1. The molecule has 0 spiro atoms. The summed E-state index contributed by atoms with van der Waals surface area (Å²) in [6.45, 7) is -2.27. The second-order valence-electron chi connectivity index (χ2n) is 6.64. The van der Waals surface area contributed by atoms with Gasteiger partial charge in [0.15, 0.2) is 0 Å². The van der Waals surface area contributed by atoms with Crippen molar-refractivity contribution in [1.29, 1.82) is 0 Å². The molecule has 0 bridgehead atoms. The van der Waals surface area contributed by atoms with Crippen LogP contribution in [-0.4, -0.2) is 36.2 Å². The number of halogens is 5. The third-order valence-electron chi connectivity index (χ3n) is 4.19. The highest BCUT2D eigenvalue weighted by Gasteiger charge is 2.41. The van der Waals surface area contributed by atoms with E-state index in [1.165, 1.54) is 19.1 Å². The minimum Gasteiger partial charge on any atom is -0.406 e. The topological polar surface area (TPSA) is 67.8 Å². The SMILES string of the molecule is C[C@](O)(CC(=O)N[C@@H](COC(F)F)c1cccc(OC(F)(F)F)c1)C1CC1. The summed E-state index contributed by atoms with van der Waals surface area (Å²) in [6.07, 6.45) is -3.61. The van der Waals surface area contributed by atoms with E-state index in [0.29, 0.717) is 0 Å². The summed E-state index contributed by atoms with van der Waals surface area (Å²) in [4.78, 5) is 12.2. The van der Waals surface area contributed by atoms with Gasteiger partial charge in [0, 0.05) is 0 Å². The maximum absolute atomic E-state index is 12.4. The number of benzene rings is 1. The molecule has 152 valence electrons. The number of carbonyl (C=O) groups excluding carboxylic acids is 1. The van der Waals surface area contributed by atoms with Crippen LogP contribution in [0.2, 0.25) is 0 Å². The molecule has 1 amide bonds. The fourth-order valence-corrected chi connectivity index (χ4v) is 2.74. The van der Waals surface area contributed by atoms with Crippen molar-refractivity contribution in [3.8, 4) is 5.75 Å². The van der Waals surface area contributed by atoms with Crippen molar-refractivity contribution >= 4 is 5.91 Å². The fourth-order valence-electron chi connectivity index (χ4n) is 2.74. The number of hydrogen-bond acceptors (Lipinski definition) is 4. The summed E-state index contributed by atoms with van der Waals surface area (Å²) in [5.74, 6) is -1.19. The van der Waals surface area contributed by atoms with Gasteiger partial charge < -0.3 is 19.9 Å². The summed E-state index contributed by atoms with van der Waals surface area (Å²) < 4.78 is 69.9. The second-order valence-corrected chi connectivity index (χ2v) is 6.64. The van der Waals surface area contributed by atoms with Gasteiger partial charge in [-0.3, -0.25) is 4.79 Å². The van der Waals surface area contributed by atoms with Crippen molar-refractivity contribution in [2.24, 2.45) is 5.92 Å². The van der Waals surface area contributed by atoms with E-state index in [4.69, 9.17) is 0 Å². The predicted molar refractivity (Wildman–Crippen MR) is 83.9 cm³/mol. The highest BCUT2D eigenvalue weighted by molar-refractivity contribution is 5.77. The first-order valence-corrected chi connectivity index (χ1v) is 8.23. The Morgan fingerprint density at radius 1 is 1.33 bits per heavy atom. The molecular weight excluding hydrogens is 377 g/mol. The van der Waals surface area contributed by atoms with Gasteiger partial charge in [0.2, 0.25) is 5.91 Å². The Hall–Kier alpha value is -1.94. The minimum atomic E-state index is -4.92. The lowest BCUT2D eigenvalue weighted by molar-refractivity contribution is -0.274. The molecule has 0 aliphatic heterocycles. The third kappa shape index (κ3) is 7.30. The molecule has 27 heavy (non-hydrogen) atoms. The Bertz CT molecular complexity index is 646. The molecule has 0 heterocycles. The van der Waals surface area contributed by atoms with Gasteiger partial charge in [-0.2, -0.15) is 8.78 Å². The number of hydrogen-bond donors (Lipinski definition) is 2. The third-order valence-corrected chi connectivity index (χ3v) is 4.19. The fraction of sp³-hybridized carbons (Fsp3) is 0.588. The first kappa shape index (κ1) is 21.4. The molecule has 0 unspecified atom stereocenters. The predicted octanol–water partition coefficient (Wildman–Crippen LogP) is 3.53. The summed E-state index contributed by atoms with van der Waals surface area (Å²) >= 11 is 0. The van der Waals surface area contributed by atoms with Gasteiger partial charge >= 0.3 is 13.0 Å². The largest absolute Gasteiger partial charge is 0.573 e. The monoisotopic (exact) mass is 397 g/mol. The molecule has 1 aliphatic carbocycles. The van der Waals surface area contributed by atoms with E-state index in [2.05, 4.69) is 14.8 Å². The molecule has 1 saturated carbocycles. The van der Waals surface area contributed by atoms with Crippen LogP contribution in [0, 0.1) is 5.92 Å². The highest BCUT2D eigenvalue weighted by atomic mass is 19.4. The Balaban J connectivity index is 2.11. The van der Waals surface area contributed by atoms with E-state index in [1.807, 2.05) is 0 Å². The van der Waals surface area contributed by atoms with Crippen molar-refractivity contribution in [1.82, 2.24) is 5.32 Å². The van der Waals surface area contributed by atoms with E-state index < -0.39 is 42.9 Å². The number of ether oxygens (including phenoxy) is 2. The maximum Gasteiger partial charge on any atom is 0.573 e. The average molecular weight is 397 g/mol. The van der Waals surface area contributed by atoms with Crippen molar-refractivity contribution in [3.63, 3.8) is 0 Å². The van der Waals surface area contributed by atoms with E-state index in [-0.39, 0.29) is 17.9 Å². The number of nitrogens with one attached hydrogen (secondary N) is 1. The van der Waals surface area contributed by atoms with Crippen LogP contribution in [0.4, 0.5) is 22.0 Å². The van der Waals surface area contributed by atoms with Gasteiger partial charge in [-0.05, 0) is 43.4 Å². The quantitative estimate of drug-likeness (QED) is 0.626. The van der Waals surface area contributed by atoms with Crippen LogP contribution in [0.1, 0.15) is 37.8 Å². The van der Waals surface area contributed by atoms with Gasteiger partial charge in [0.25, 0.3) is 0 Å². The van der Waals surface area contributed by atoms with Crippen LogP contribution in [0.3, 0.4) is 0 Å². The smallest absolute Gasteiger partial charge is 0.406 e. The Morgan fingerprint density at radius 3 is 2.56 bits per heavy atom. The van der Waals surface area contributed by atoms with E-state index in [9.17, 15) is 31.9 Å². The van der Waals surface area contributed by atoms with Crippen LogP contribution in [0.15, 0.2) is 24.3 Å². The molecule has 0 saturated heterocycles. The lowest BCUT2D eigenvalue weighted by Gasteiger charge is -2.25. The number of aliphatic hydroxyl groups is 1. The zero-order valence-electron chi connectivity index (χ0n) is 14.4. The summed E-state index contributed by atoms with van der Waals surface area (Å²) in [7, 11) is 0. The highest BCUT2D eigenvalue weighted by Crippen LogP contribution is 2.41. The Labute approximate surface area is 152 Å². The van der Waals surface area contributed by atoms with Crippen molar-refractivity contribution in [2.45, 2.75) is 50.8 Å². The lowest BCUT2D eigenvalue weighted by atomic mass is 9.95. The number of rotatable bonds is 9. The normalized spacial score (nSPS) is 18.1. The standard InChI is InChI=1S/C17H20F5NO4/c1-16(25,11-5-6-11)8-14(24)23-13(9-26-15(18)19)10-3-2-4-12(7-10)27-17(20,21)22/h2-4,7,11,13,15,25H,5-6,8-9H2,1H3,(H,23,24)/t13-,16-/m0/s1. The molecule has 1 aromatic rings. The summed E-state index contributed by atoms with van der Waals surface area (Å²) in [5.41, 5.74) is -1.14. The van der Waals surface area contributed by atoms with Crippen molar-refractivity contribution < 1.29 is 41.3 Å². The Kier molecular flexibility index (Phi) is 6.63. The van der Waals surface area contributed by atoms with Crippen LogP contribution < -0.4 is 10.1 Å². The molecule has 1 aliphatic rings. The Morgan fingerprint density at radius 2 is 2.00 bits per heavy atom. The zero-order valence-corrected chi connectivity index (χ0v) is 14.4. The average Bonchev–Trinajstić information content (AvgIpc) is 3.34. The van der Waals surface area contributed by atoms with E-state index in [0.717, 1.165) is 25.0 Å². The number of alkyl halides is 5. The van der Waals surface area contributed by atoms with Gasteiger partial charge in [-0.15, -0.1) is 13.2 Å². The number of carbonyl (C=O) groups is 1. The molecule has 1 aromatic carbocycles. The molecule has 0 aromatic heterocycles. The van der Waals surface area contributed by atoms with Crippen LogP contribution >= 0.6 is 0 Å². The summed E-state index contributed by atoms with van der Waals surface area (Å²) in [6, 6.07) is 3.47. The first-order valence-electron chi connectivity index (χ1n) is 8.23. The van der Waals surface area contributed by atoms with Gasteiger partial charge in [-0.25, -0.2) is 0 Å². The van der Waals surface area contributed by atoms with Crippen LogP contribution in [0.25, 0.3) is 0 Å². The minimum absolute atomic E-state index is 0.0115. The first-order chi connectivity index (χ1) is 12.5. The van der Waals surface area contributed by atoms with Gasteiger partial charge in [0.05, 0.1) is 24.7 Å². The van der Waals surface area contributed by atoms with Gasteiger partial charge in [-0.1, -0.05) is 12.1 Å². The molecular formula is C17H20F5NO4. The van der Waals surface area contributed by atoms with Crippen LogP contribution in [0.5, 0.6) is 5.75 Å². The maximum atomic E-state index is 12.4. The van der Waals surface area contributed by atoms with Gasteiger partial charge in [0.1, 0.15) is 5.75 Å². The molecule has 1 fully saturated rings. The molecule has 2 rings (SSSR count). The van der Waals surface area contributed by atoms with Crippen LogP contribution in [-0.2, 0) is 9.53 Å². The summed E-state index contributed by atoms with van der Waals surface area (Å²) in [5, 5.41) is 12.7. The molecule has 5 nitrogen and oxygen atoms in total. The van der Waals surface area contributed by atoms with E-state index in [1.54, 1.807) is 0 Å². The molecule has 10 heteroatoms. The van der Waals surface area contributed by atoms with E-state index >= 15 is 0 Å². The zero-order chi connectivity index (χ0) is 20.2.